The maximum Gasteiger partial charge on any atom is 0.417 e. The zero-order valence-electron chi connectivity index (χ0n) is 27.5. The Morgan fingerprint density at radius 2 is 1.56 bits per heavy atom. The van der Waals surface area contributed by atoms with E-state index in [2.05, 4.69) is 26.3 Å². The molecule has 0 unspecified atom stereocenters. The lowest BCUT2D eigenvalue weighted by atomic mass is 9.49. The Morgan fingerprint density at radius 1 is 0.870 bits per heavy atom. The molecule has 1 aromatic heterocycles. The number of phenols is 1. The van der Waals surface area contributed by atoms with Gasteiger partial charge < -0.3 is 5.11 Å². The summed E-state index contributed by atoms with van der Waals surface area (Å²) in [6.07, 6.45) is -2.39. The second-order valence-electron chi connectivity index (χ2n) is 13.6. The van der Waals surface area contributed by atoms with E-state index >= 15 is 4.79 Å². The number of carbonyl (C=O) groups is 4. The van der Waals surface area contributed by atoms with Gasteiger partial charge in [0, 0.05) is 32.2 Å². The maximum atomic E-state index is 15.2. The number of fused-ring (bicyclic) bond motifs is 4. The fourth-order valence-electron chi connectivity index (χ4n) is 8.73. The van der Waals surface area contributed by atoms with Gasteiger partial charge in [-0.2, -0.15) is 18.2 Å². The van der Waals surface area contributed by atoms with Gasteiger partial charge in [-0.05, 0) is 85.0 Å². The molecule has 0 radical (unpaired) electrons. The molecule has 4 aromatic rings. The number of aromatic nitrogens is 1. The van der Waals surface area contributed by atoms with E-state index in [1.54, 1.807) is 48.5 Å². The highest BCUT2D eigenvalue weighted by atomic mass is 79.9. The third kappa shape index (κ3) is 5.53. The number of pyridine rings is 1. The van der Waals surface area contributed by atoms with Gasteiger partial charge in [0.05, 0.1) is 39.4 Å². The average molecular weight is 861 g/mol. The molecule has 6 atom stereocenters. The van der Waals surface area contributed by atoms with Gasteiger partial charge in [0.25, 0.3) is 11.8 Å². The molecule has 2 aliphatic carbocycles. The molecule has 3 aromatic carbocycles. The van der Waals surface area contributed by atoms with Crippen LogP contribution in [0.3, 0.4) is 0 Å². The van der Waals surface area contributed by atoms with Crippen LogP contribution in [0.2, 0.25) is 15.1 Å². The molecule has 9 nitrogen and oxygen atoms in total. The SMILES string of the molecule is O=C1[C@@H]2C[C@@H]3C(=CC[C@@H]4C(=O)N(c5ccc(Br)cc5)C(=O)[C@@H]43)[C@H](c3cc(Cl)ccc3O)[C@]2(c2ccc(Cl)cc2)C(=O)N1Nc1ncc(C(F)(F)F)cc1Cl. The lowest BCUT2D eigenvalue weighted by Gasteiger charge is -2.50. The second kappa shape index (κ2) is 13.1. The first-order valence-corrected chi connectivity index (χ1v) is 18.5. The van der Waals surface area contributed by atoms with Crippen LogP contribution in [0.4, 0.5) is 24.7 Å². The van der Waals surface area contributed by atoms with E-state index in [9.17, 15) is 32.7 Å². The molecule has 8 rings (SSSR count). The lowest BCUT2D eigenvalue weighted by molar-refractivity contribution is -0.139. The van der Waals surface area contributed by atoms with Gasteiger partial charge in [0.2, 0.25) is 11.8 Å². The molecule has 4 aliphatic rings. The molecular formula is C38H25BrCl3F3N4O5. The molecule has 16 heteroatoms. The number of alkyl halides is 3. The van der Waals surface area contributed by atoms with Crippen LogP contribution in [-0.2, 0) is 30.8 Å². The minimum atomic E-state index is -4.76. The number of phenolic OH excluding ortho intramolecular Hbond substituents is 1. The van der Waals surface area contributed by atoms with Crippen LogP contribution in [0.5, 0.6) is 5.75 Å². The Labute approximate surface area is 328 Å². The number of allylic oxidation sites excluding steroid dienone is 2. The first-order chi connectivity index (χ1) is 25.6. The van der Waals surface area contributed by atoms with Crippen molar-refractivity contribution in [2.75, 3.05) is 10.3 Å². The van der Waals surface area contributed by atoms with Crippen LogP contribution >= 0.6 is 50.7 Å². The molecule has 2 N–H and O–H groups in total. The molecule has 2 aliphatic heterocycles. The van der Waals surface area contributed by atoms with Crippen molar-refractivity contribution >= 4 is 85.9 Å². The molecule has 54 heavy (non-hydrogen) atoms. The number of nitrogens with zero attached hydrogens (tertiary/aromatic N) is 3. The monoisotopic (exact) mass is 858 g/mol. The summed E-state index contributed by atoms with van der Waals surface area (Å²) in [5.74, 6) is -7.97. The zero-order chi connectivity index (χ0) is 38.4. The van der Waals surface area contributed by atoms with Crippen LogP contribution in [-0.4, -0.2) is 38.7 Å². The first-order valence-electron chi connectivity index (χ1n) is 16.6. The number of nitrogens with one attached hydrogen (secondary N) is 1. The van der Waals surface area contributed by atoms with Crippen LogP contribution in [0.15, 0.2) is 95.1 Å². The Balaban J connectivity index is 1.32. The van der Waals surface area contributed by atoms with Gasteiger partial charge >= 0.3 is 6.18 Å². The molecule has 0 bridgehead atoms. The summed E-state index contributed by atoms with van der Waals surface area (Å²) in [7, 11) is 0. The van der Waals surface area contributed by atoms with E-state index in [1.807, 2.05) is 6.08 Å². The summed E-state index contributed by atoms with van der Waals surface area (Å²) in [6, 6.07) is 17.9. The predicted octanol–water partition coefficient (Wildman–Crippen LogP) is 8.72. The minimum absolute atomic E-state index is 0.0857. The number of benzene rings is 3. The third-order valence-electron chi connectivity index (χ3n) is 10.9. The number of carbonyl (C=O) groups excluding carboxylic acids is 4. The van der Waals surface area contributed by atoms with Gasteiger partial charge in [-0.25, -0.2) is 4.98 Å². The summed E-state index contributed by atoms with van der Waals surface area (Å²) >= 11 is 22.4. The van der Waals surface area contributed by atoms with Crippen molar-refractivity contribution in [3.63, 3.8) is 0 Å². The standard InChI is InChI=1S/C38H25BrCl3F3N4O5/c39-19-3-8-22(9-4-19)48-33(51)24-11-10-23-25(30(24)35(48)53)15-27-34(52)49(47-32-28(42)13-18(16-46-32)38(43,44)45)36(54)37(27,17-1-5-20(40)6-2-17)31(23)26-14-21(41)7-12-29(26)50/h1-10,12-14,16,24-25,27,30-31,50H,11,15H2,(H,46,47)/t24-,25+,27-,30-,31+,37+/m0/s1. The minimum Gasteiger partial charge on any atom is -0.508 e. The van der Waals surface area contributed by atoms with E-state index < -0.39 is 81.2 Å². The largest absolute Gasteiger partial charge is 0.508 e. The van der Waals surface area contributed by atoms with Gasteiger partial charge in [-0.1, -0.05) is 74.5 Å². The Hall–Kier alpha value is -4.43. The number of anilines is 2. The summed E-state index contributed by atoms with van der Waals surface area (Å²) < 4.78 is 41.1. The van der Waals surface area contributed by atoms with E-state index in [-0.39, 0.29) is 29.2 Å². The lowest BCUT2D eigenvalue weighted by Crippen LogP contribution is -2.53. The fourth-order valence-corrected chi connectivity index (χ4v) is 9.51. The number of hydrogen-bond donors (Lipinski definition) is 2. The normalized spacial score (nSPS) is 26.4. The van der Waals surface area contributed by atoms with Gasteiger partial charge in [-0.15, -0.1) is 0 Å². The predicted molar refractivity (Wildman–Crippen MR) is 197 cm³/mol. The van der Waals surface area contributed by atoms with E-state index in [4.69, 9.17) is 34.8 Å². The quantitative estimate of drug-likeness (QED) is 0.152. The van der Waals surface area contributed by atoms with Crippen LogP contribution in [0.1, 0.15) is 35.4 Å². The maximum absolute atomic E-state index is 15.2. The van der Waals surface area contributed by atoms with E-state index in [0.717, 1.165) is 9.37 Å². The Bertz CT molecular complexity index is 2310. The number of hydrogen-bond acceptors (Lipinski definition) is 7. The third-order valence-corrected chi connectivity index (χ3v) is 12.2. The second-order valence-corrected chi connectivity index (χ2v) is 15.8. The van der Waals surface area contributed by atoms with Crippen molar-refractivity contribution in [1.29, 1.82) is 0 Å². The summed E-state index contributed by atoms with van der Waals surface area (Å²) in [5, 5.41) is 12.2. The molecule has 2 saturated heterocycles. The van der Waals surface area contributed by atoms with Crippen molar-refractivity contribution in [3.8, 4) is 5.75 Å². The van der Waals surface area contributed by atoms with Crippen molar-refractivity contribution in [1.82, 2.24) is 9.99 Å². The molecular weight excluding hydrogens is 836 g/mol. The summed E-state index contributed by atoms with van der Waals surface area (Å²) in [6.45, 7) is 0. The molecule has 3 fully saturated rings. The number of amides is 4. The number of rotatable bonds is 5. The van der Waals surface area contributed by atoms with Gasteiger partial charge in [0.1, 0.15) is 5.75 Å². The summed E-state index contributed by atoms with van der Waals surface area (Å²) in [5.41, 5.74) is 1.06. The van der Waals surface area contributed by atoms with Crippen LogP contribution in [0.25, 0.3) is 0 Å². The highest BCUT2D eigenvalue weighted by molar-refractivity contribution is 9.10. The van der Waals surface area contributed by atoms with E-state index in [1.165, 1.54) is 18.2 Å². The van der Waals surface area contributed by atoms with Crippen molar-refractivity contribution in [3.05, 3.63) is 127 Å². The Morgan fingerprint density at radius 3 is 2.22 bits per heavy atom. The highest BCUT2D eigenvalue weighted by Crippen LogP contribution is 2.65. The zero-order valence-corrected chi connectivity index (χ0v) is 31.3. The smallest absolute Gasteiger partial charge is 0.417 e. The first kappa shape index (κ1) is 36.5. The molecule has 1 saturated carbocycles. The molecule has 0 spiro atoms. The molecule has 276 valence electrons. The highest BCUT2D eigenvalue weighted by Gasteiger charge is 2.70. The molecule has 4 amide bonds. The van der Waals surface area contributed by atoms with Crippen molar-refractivity contribution in [2.45, 2.75) is 30.4 Å². The number of imide groups is 2. The number of halogens is 7. The van der Waals surface area contributed by atoms with Gasteiger partial charge in [0.15, 0.2) is 5.82 Å². The average Bonchev–Trinajstić information content (AvgIpc) is 3.51. The van der Waals surface area contributed by atoms with Crippen LogP contribution < -0.4 is 10.3 Å². The van der Waals surface area contributed by atoms with Crippen LogP contribution in [0, 0.1) is 23.7 Å². The van der Waals surface area contributed by atoms with Crippen molar-refractivity contribution in [2.24, 2.45) is 23.7 Å². The topological polar surface area (TPSA) is 120 Å². The van der Waals surface area contributed by atoms with E-state index in [0.29, 0.717) is 39.1 Å². The molecule has 3 heterocycles. The summed E-state index contributed by atoms with van der Waals surface area (Å²) in [4.78, 5) is 63.4. The number of aromatic hydroxyl groups is 1. The van der Waals surface area contributed by atoms with Crippen molar-refractivity contribution < 1.29 is 37.5 Å². The fraction of sp³-hybridized carbons (Fsp3) is 0.237. The van der Waals surface area contributed by atoms with Gasteiger partial charge in [-0.3, -0.25) is 29.5 Å². The number of hydrazine groups is 1. The Kier molecular flexibility index (Phi) is 8.87.